The van der Waals surface area contributed by atoms with Gasteiger partial charge in [-0.2, -0.15) is 0 Å². The lowest BCUT2D eigenvalue weighted by molar-refractivity contribution is 0.301. The van der Waals surface area contributed by atoms with E-state index < -0.39 is 0 Å². The Morgan fingerprint density at radius 3 is 2.63 bits per heavy atom. The van der Waals surface area contributed by atoms with Crippen LogP contribution in [-0.2, 0) is 6.61 Å². The lowest BCUT2D eigenvalue weighted by Crippen LogP contribution is -1.97. The van der Waals surface area contributed by atoms with Crippen molar-refractivity contribution in [2.24, 2.45) is 0 Å². The summed E-state index contributed by atoms with van der Waals surface area (Å²) in [6.07, 6.45) is 2.47. The molecule has 0 saturated heterocycles. The van der Waals surface area contributed by atoms with E-state index in [4.69, 9.17) is 16.3 Å². The third-order valence-electron chi connectivity index (χ3n) is 2.42. The Labute approximate surface area is 118 Å². The zero-order valence-electron chi connectivity index (χ0n) is 10.5. The second-order valence-electron chi connectivity index (χ2n) is 3.87. The van der Waals surface area contributed by atoms with Crippen LogP contribution in [0, 0.1) is 11.8 Å². The van der Waals surface area contributed by atoms with Crippen LogP contribution in [0.3, 0.4) is 0 Å². The number of pyridine rings is 1. The smallest absolute Gasteiger partial charge is 0.130 e. The van der Waals surface area contributed by atoms with Gasteiger partial charge in [-0.25, -0.2) is 0 Å². The van der Waals surface area contributed by atoms with Crippen LogP contribution in [0.1, 0.15) is 17.7 Å². The highest BCUT2D eigenvalue weighted by Crippen LogP contribution is 2.13. The van der Waals surface area contributed by atoms with E-state index in [-0.39, 0.29) is 0 Å². The van der Waals surface area contributed by atoms with Gasteiger partial charge in [-0.3, -0.25) is 4.98 Å². The van der Waals surface area contributed by atoms with Crippen LogP contribution in [0.5, 0.6) is 5.75 Å². The van der Waals surface area contributed by atoms with Gasteiger partial charge >= 0.3 is 0 Å². The molecule has 0 aliphatic carbocycles. The zero-order chi connectivity index (χ0) is 13.3. The van der Waals surface area contributed by atoms with Gasteiger partial charge in [0.05, 0.1) is 5.69 Å². The van der Waals surface area contributed by atoms with E-state index in [1.54, 1.807) is 6.20 Å². The minimum Gasteiger partial charge on any atom is -0.487 e. The lowest BCUT2D eigenvalue weighted by Gasteiger charge is -2.05. The number of halogens is 1. The second-order valence-corrected chi connectivity index (χ2v) is 4.25. The first kappa shape index (κ1) is 13.5. The molecular weight excluding hydrogens is 258 g/mol. The summed E-state index contributed by atoms with van der Waals surface area (Å²) in [7, 11) is 0. The second kappa shape index (κ2) is 7.45. The highest BCUT2D eigenvalue weighted by molar-refractivity contribution is 6.18. The summed E-state index contributed by atoms with van der Waals surface area (Å²) in [4.78, 5) is 4.20. The van der Waals surface area contributed by atoms with Gasteiger partial charge in [0, 0.05) is 24.1 Å². The van der Waals surface area contributed by atoms with Gasteiger partial charge in [-0.05, 0) is 36.4 Å². The Balaban J connectivity index is 1.91. The normalized spacial score (nSPS) is 9.53. The number of hydrogen-bond donors (Lipinski definition) is 0. The molecule has 1 heterocycles. The molecule has 0 fully saturated rings. The van der Waals surface area contributed by atoms with Gasteiger partial charge < -0.3 is 4.74 Å². The predicted octanol–water partition coefficient (Wildman–Crippen LogP) is 3.64. The summed E-state index contributed by atoms with van der Waals surface area (Å²) in [5, 5.41) is 0. The first-order valence-corrected chi connectivity index (χ1v) is 6.59. The molecule has 0 atom stereocenters. The molecule has 0 radical (unpaired) electrons. The molecule has 0 spiro atoms. The first-order valence-electron chi connectivity index (χ1n) is 6.06. The molecular formula is C16H14ClNO. The van der Waals surface area contributed by atoms with Gasteiger partial charge in [-0.1, -0.05) is 17.9 Å². The van der Waals surface area contributed by atoms with E-state index in [0.717, 1.165) is 17.0 Å². The summed E-state index contributed by atoms with van der Waals surface area (Å²) < 4.78 is 5.64. The molecule has 0 unspecified atom stereocenters. The highest BCUT2D eigenvalue weighted by atomic mass is 35.5. The number of rotatable bonds is 4. The van der Waals surface area contributed by atoms with Crippen molar-refractivity contribution in [1.82, 2.24) is 4.98 Å². The van der Waals surface area contributed by atoms with E-state index in [0.29, 0.717) is 18.9 Å². The molecule has 1 aromatic heterocycles. The van der Waals surface area contributed by atoms with Crippen molar-refractivity contribution in [3.05, 3.63) is 59.9 Å². The first-order chi connectivity index (χ1) is 9.38. The van der Waals surface area contributed by atoms with Gasteiger partial charge in [0.2, 0.25) is 0 Å². The maximum atomic E-state index is 5.64. The van der Waals surface area contributed by atoms with E-state index in [1.807, 2.05) is 42.5 Å². The van der Waals surface area contributed by atoms with Crippen molar-refractivity contribution in [2.45, 2.75) is 13.0 Å². The summed E-state index contributed by atoms with van der Waals surface area (Å²) in [5.41, 5.74) is 1.88. The molecule has 0 N–H and O–H groups in total. The minimum absolute atomic E-state index is 0.470. The lowest BCUT2D eigenvalue weighted by atomic mass is 10.2. The van der Waals surface area contributed by atoms with Crippen molar-refractivity contribution < 1.29 is 4.74 Å². The number of ether oxygens (including phenoxy) is 1. The third-order valence-corrected chi connectivity index (χ3v) is 2.61. The fourth-order valence-corrected chi connectivity index (χ4v) is 1.58. The van der Waals surface area contributed by atoms with Crippen LogP contribution in [0.25, 0.3) is 0 Å². The fraction of sp³-hybridized carbons (Fsp3) is 0.188. The largest absolute Gasteiger partial charge is 0.487 e. The molecule has 96 valence electrons. The standard InChI is InChI=1S/C16H14ClNO/c17-11-3-1-5-14-7-9-16(10-8-14)19-13-15-6-2-4-12-18-15/h2,4,6-10,12H,3,11,13H2. The number of aromatic nitrogens is 1. The Morgan fingerprint density at radius 1 is 1.11 bits per heavy atom. The molecule has 0 amide bonds. The molecule has 19 heavy (non-hydrogen) atoms. The van der Waals surface area contributed by atoms with Crippen LogP contribution in [0.15, 0.2) is 48.7 Å². The summed E-state index contributed by atoms with van der Waals surface area (Å²) in [6, 6.07) is 13.5. The minimum atomic E-state index is 0.470. The Bertz CT molecular complexity index is 555. The van der Waals surface area contributed by atoms with Crippen molar-refractivity contribution in [3.8, 4) is 17.6 Å². The third kappa shape index (κ3) is 4.65. The predicted molar refractivity (Wildman–Crippen MR) is 77.2 cm³/mol. The number of hydrogen-bond acceptors (Lipinski definition) is 2. The SMILES string of the molecule is ClCCC#Cc1ccc(OCc2ccccn2)cc1. The molecule has 3 heteroatoms. The van der Waals surface area contributed by atoms with Crippen molar-refractivity contribution in [3.63, 3.8) is 0 Å². The highest BCUT2D eigenvalue weighted by Gasteiger charge is 1.96. The average molecular weight is 272 g/mol. The summed E-state index contributed by atoms with van der Waals surface area (Å²) in [5.74, 6) is 7.42. The molecule has 1 aromatic carbocycles. The Morgan fingerprint density at radius 2 is 1.95 bits per heavy atom. The van der Waals surface area contributed by atoms with E-state index in [2.05, 4.69) is 16.8 Å². The summed E-state index contributed by atoms with van der Waals surface area (Å²) >= 11 is 5.56. The molecule has 0 aliphatic rings. The van der Waals surface area contributed by atoms with Crippen molar-refractivity contribution in [2.75, 3.05) is 5.88 Å². The van der Waals surface area contributed by atoms with Gasteiger partial charge in [0.25, 0.3) is 0 Å². The van der Waals surface area contributed by atoms with E-state index in [1.165, 1.54) is 0 Å². The zero-order valence-corrected chi connectivity index (χ0v) is 11.2. The molecule has 2 rings (SSSR count). The molecule has 2 aromatic rings. The van der Waals surface area contributed by atoms with Crippen molar-refractivity contribution in [1.29, 1.82) is 0 Å². The number of nitrogens with zero attached hydrogens (tertiary/aromatic N) is 1. The Kier molecular flexibility index (Phi) is 5.28. The number of alkyl halides is 1. The monoisotopic (exact) mass is 271 g/mol. The number of benzene rings is 1. The fourth-order valence-electron chi connectivity index (χ4n) is 1.49. The van der Waals surface area contributed by atoms with Crippen LogP contribution in [0.4, 0.5) is 0 Å². The van der Waals surface area contributed by atoms with Gasteiger partial charge in [-0.15, -0.1) is 11.6 Å². The van der Waals surface area contributed by atoms with Crippen LogP contribution in [-0.4, -0.2) is 10.9 Å². The van der Waals surface area contributed by atoms with Gasteiger partial charge in [0.1, 0.15) is 12.4 Å². The maximum Gasteiger partial charge on any atom is 0.130 e. The average Bonchev–Trinajstić information content (AvgIpc) is 2.48. The summed E-state index contributed by atoms with van der Waals surface area (Å²) in [6.45, 7) is 0.470. The van der Waals surface area contributed by atoms with Crippen molar-refractivity contribution >= 4 is 11.6 Å². The van der Waals surface area contributed by atoms with Crippen LogP contribution < -0.4 is 4.74 Å². The molecule has 0 bridgehead atoms. The van der Waals surface area contributed by atoms with Gasteiger partial charge in [0.15, 0.2) is 0 Å². The van der Waals surface area contributed by atoms with Crippen LogP contribution >= 0.6 is 11.6 Å². The topological polar surface area (TPSA) is 22.1 Å². The molecule has 2 nitrogen and oxygen atoms in total. The molecule has 0 saturated carbocycles. The maximum absolute atomic E-state index is 5.64. The van der Waals surface area contributed by atoms with Crippen LogP contribution in [0.2, 0.25) is 0 Å². The Hall–Kier alpha value is -1.98. The van der Waals surface area contributed by atoms with E-state index in [9.17, 15) is 0 Å². The van der Waals surface area contributed by atoms with E-state index >= 15 is 0 Å². The molecule has 0 aliphatic heterocycles. The quantitative estimate of drug-likeness (QED) is 0.626.